The quantitative estimate of drug-likeness (QED) is 0.645. The summed E-state index contributed by atoms with van der Waals surface area (Å²) in [5.41, 5.74) is 0.856. The molecule has 1 saturated heterocycles. The van der Waals surface area contributed by atoms with Crippen molar-refractivity contribution in [1.82, 2.24) is 10.2 Å². The zero-order valence-electron chi connectivity index (χ0n) is 8.20. The summed E-state index contributed by atoms with van der Waals surface area (Å²) >= 11 is 0. The Morgan fingerprint density at radius 3 is 2.86 bits per heavy atom. The van der Waals surface area contributed by atoms with E-state index in [9.17, 15) is 4.79 Å². The van der Waals surface area contributed by atoms with Crippen molar-refractivity contribution in [2.75, 3.05) is 26.2 Å². The third-order valence-corrected chi connectivity index (χ3v) is 2.56. The summed E-state index contributed by atoms with van der Waals surface area (Å²) < 4.78 is 0. The molecule has 2 aliphatic heterocycles. The van der Waals surface area contributed by atoms with Crippen LogP contribution < -0.4 is 5.32 Å². The van der Waals surface area contributed by atoms with Gasteiger partial charge in [-0.15, -0.1) is 0 Å². The van der Waals surface area contributed by atoms with Crippen LogP contribution in [0.2, 0.25) is 0 Å². The van der Waals surface area contributed by atoms with Gasteiger partial charge < -0.3 is 10.2 Å². The lowest BCUT2D eigenvalue weighted by atomic mass is 10.1. The van der Waals surface area contributed by atoms with E-state index in [1.54, 1.807) is 6.20 Å². The van der Waals surface area contributed by atoms with Crippen molar-refractivity contribution in [3.63, 3.8) is 0 Å². The number of carbonyl (C=O) groups excluding carboxylic acids is 1. The highest BCUT2D eigenvalue weighted by Crippen LogP contribution is 2.12. The molecular weight excluding hydrogens is 178 g/mol. The molecule has 4 nitrogen and oxygen atoms in total. The summed E-state index contributed by atoms with van der Waals surface area (Å²) in [5.74, 6) is 0.170. The number of hydrogen-bond acceptors (Lipinski definition) is 3. The van der Waals surface area contributed by atoms with Gasteiger partial charge in [-0.3, -0.25) is 9.79 Å². The first-order valence-corrected chi connectivity index (χ1v) is 5.08. The van der Waals surface area contributed by atoms with Crippen LogP contribution in [0.4, 0.5) is 0 Å². The van der Waals surface area contributed by atoms with Crippen LogP contribution in [0.5, 0.6) is 0 Å². The van der Waals surface area contributed by atoms with Crippen molar-refractivity contribution in [2.24, 2.45) is 4.99 Å². The van der Waals surface area contributed by atoms with Crippen LogP contribution in [0.15, 0.2) is 16.8 Å². The average molecular weight is 193 g/mol. The molecule has 0 aromatic heterocycles. The Morgan fingerprint density at radius 2 is 2.21 bits per heavy atom. The zero-order valence-corrected chi connectivity index (χ0v) is 8.20. The molecule has 1 N–H and O–H groups in total. The van der Waals surface area contributed by atoms with Crippen LogP contribution in [0.25, 0.3) is 0 Å². The number of carbonyl (C=O) groups is 1. The van der Waals surface area contributed by atoms with E-state index in [2.05, 4.69) is 10.3 Å². The molecule has 2 aliphatic rings. The van der Waals surface area contributed by atoms with Crippen LogP contribution >= 0.6 is 0 Å². The molecule has 0 bridgehead atoms. The van der Waals surface area contributed by atoms with Crippen molar-refractivity contribution in [2.45, 2.75) is 12.8 Å². The van der Waals surface area contributed by atoms with Gasteiger partial charge in [-0.2, -0.15) is 0 Å². The summed E-state index contributed by atoms with van der Waals surface area (Å²) in [6, 6.07) is 0. The molecule has 1 fully saturated rings. The standard InChI is InChI=1S/C10H15N3O/c14-10(9-2-1-3-12-8-9)13-6-4-11-5-7-13/h3,8,11H,1-2,4-7H2. The minimum absolute atomic E-state index is 0.170. The second-order valence-electron chi connectivity index (χ2n) is 3.57. The minimum atomic E-state index is 0.170. The van der Waals surface area contributed by atoms with Crippen LogP contribution in [-0.2, 0) is 4.79 Å². The van der Waals surface area contributed by atoms with Gasteiger partial charge in [-0.1, -0.05) is 0 Å². The van der Waals surface area contributed by atoms with Crippen LogP contribution in [0.3, 0.4) is 0 Å². The SMILES string of the molecule is O=C(C1=CN=CCC1)N1CCNCC1. The molecule has 0 atom stereocenters. The smallest absolute Gasteiger partial charge is 0.251 e. The fourth-order valence-corrected chi connectivity index (χ4v) is 1.73. The summed E-state index contributed by atoms with van der Waals surface area (Å²) in [4.78, 5) is 17.8. The third-order valence-electron chi connectivity index (χ3n) is 2.56. The number of aliphatic imine (C=N–C) groups is 1. The molecular formula is C10H15N3O. The normalized spacial score (nSPS) is 22.0. The highest BCUT2D eigenvalue weighted by atomic mass is 16.2. The second kappa shape index (κ2) is 4.37. The van der Waals surface area contributed by atoms with E-state index in [1.165, 1.54) is 0 Å². The molecule has 0 aliphatic carbocycles. The van der Waals surface area contributed by atoms with Gasteiger partial charge in [0.25, 0.3) is 5.91 Å². The highest BCUT2D eigenvalue weighted by Gasteiger charge is 2.20. The summed E-state index contributed by atoms with van der Waals surface area (Å²) in [5, 5.41) is 3.23. The van der Waals surface area contributed by atoms with Crippen molar-refractivity contribution in [3.05, 3.63) is 11.8 Å². The monoisotopic (exact) mass is 193 g/mol. The van der Waals surface area contributed by atoms with Crippen LogP contribution in [-0.4, -0.2) is 43.2 Å². The van der Waals surface area contributed by atoms with E-state index in [0.717, 1.165) is 44.6 Å². The van der Waals surface area contributed by atoms with Gasteiger partial charge in [0.05, 0.1) is 0 Å². The van der Waals surface area contributed by atoms with Crippen molar-refractivity contribution >= 4 is 12.1 Å². The molecule has 0 unspecified atom stereocenters. The molecule has 2 rings (SSSR count). The van der Waals surface area contributed by atoms with Gasteiger partial charge in [0.15, 0.2) is 0 Å². The molecule has 0 aromatic rings. The Hall–Kier alpha value is -1.16. The molecule has 0 radical (unpaired) electrons. The van der Waals surface area contributed by atoms with Crippen LogP contribution in [0, 0.1) is 0 Å². The summed E-state index contributed by atoms with van der Waals surface area (Å²) in [6.07, 6.45) is 5.29. The highest BCUT2D eigenvalue weighted by molar-refractivity contribution is 5.94. The molecule has 1 amide bonds. The van der Waals surface area contributed by atoms with Crippen molar-refractivity contribution < 1.29 is 4.79 Å². The number of rotatable bonds is 1. The molecule has 4 heteroatoms. The maximum Gasteiger partial charge on any atom is 0.251 e. The van der Waals surface area contributed by atoms with Gasteiger partial charge in [0.2, 0.25) is 0 Å². The number of nitrogens with zero attached hydrogens (tertiary/aromatic N) is 2. The molecule has 2 heterocycles. The number of hydrogen-bond donors (Lipinski definition) is 1. The van der Waals surface area contributed by atoms with Gasteiger partial charge in [0.1, 0.15) is 0 Å². The predicted molar refractivity (Wildman–Crippen MR) is 55.3 cm³/mol. The van der Waals surface area contributed by atoms with Crippen molar-refractivity contribution in [1.29, 1.82) is 0 Å². The van der Waals surface area contributed by atoms with Gasteiger partial charge in [-0.25, -0.2) is 0 Å². The lowest BCUT2D eigenvalue weighted by Gasteiger charge is -2.28. The Morgan fingerprint density at radius 1 is 1.43 bits per heavy atom. The topological polar surface area (TPSA) is 44.7 Å². The summed E-state index contributed by atoms with van der Waals surface area (Å²) in [6.45, 7) is 3.45. The fraction of sp³-hybridized carbons (Fsp3) is 0.600. The van der Waals surface area contributed by atoms with E-state index >= 15 is 0 Å². The van der Waals surface area contributed by atoms with Crippen molar-refractivity contribution in [3.8, 4) is 0 Å². The number of nitrogens with one attached hydrogen (secondary N) is 1. The maximum atomic E-state index is 11.9. The molecule has 0 aromatic carbocycles. The van der Waals surface area contributed by atoms with E-state index in [4.69, 9.17) is 0 Å². The second-order valence-corrected chi connectivity index (χ2v) is 3.57. The van der Waals surface area contributed by atoms with Gasteiger partial charge in [-0.05, 0) is 12.8 Å². The molecule has 14 heavy (non-hydrogen) atoms. The lowest BCUT2D eigenvalue weighted by Crippen LogP contribution is -2.46. The third kappa shape index (κ3) is 2.01. The van der Waals surface area contributed by atoms with E-state index in [0.29, 0.717) is 0 Å². The molecule has 0 spiro atoms. The molecule has 76 valence electrons. The Kier molecular flexibility index (Phi) is 2.93. The van der Waals surface area contributed by atoms with E-state index in [-0.39, 0.29) is 5.91 Å². The maximum absolute atomic E-state index is 11.9. The first-order chi connectivity index (χ1) is 6.88. The first-order valence-electron chi connectivity index (χ1n) is 5.08. The molecule has 0 saturated carbocycles. The predicted octanol–water partition coefficient (Wildman–Crippen LogP) is 0.167. The Balaban J connectivity index is 1.99. The lowest BCUT2D eigenvalue weighted by molar-refractivity contribution is -0.127. The zero-order chi connectivity index (χ0) is 9.80. The van der Waals surface area contributed by atoms with E-state index in [1.807, 2.05) is 11.1 Å². The fourth-order valence-electron chi connectivity index (χ4n) is 1.73. The largest absolute Gasteiger partial charge is 0.336 e. The van der Waals surface area contributed by atoms with E-state index < -0.39 is 0 Å². The first kappa shape index (κ1) is 9.40. The van der Waals surface area contributed by atoms with Gasteiger partial charge in [0, 0.05) is 44.2 Å². The average Bonchev–Trinajstić information content (AvgIpc) is 2.30. The van der Waals surface area contributed by atoms with Gasteiger partial charge >= 0.3 is 0 Å². The number of piperazine rings is 1. The Bertz CT molecular complexity index is 277. The Labute approximate surface area is 83.7 Å². The number of amides is 1. The summed E-state index contributed by atoms with van der Waals surface area (Å²) in [7, 11) is 0. The minimum Gasteiger partial charge on any atom is -0.336 e. The van der Waals surface area contributed by atoms with Crippen LogP contribution in [0.1, 0.15) is 12.8 Å².